The van der Waals surface area contributed by atoms with Gasteiger partial charge in [0.15, 0.2) is 0 Å². The molecule has 0 fully saturated rings. The molecule has 0 aliphatic rings. The molecule has 2 N–H and O–H groups in total. The highest BCUT2D eigenvalue weighted by Gasteiger charge is 2.15. The minimum Gasteiger partial charge on any atom is -0.492 e. The number of ether oxygens (including phenoxy) is 1. The summed E-state index contributed by atoms with van der Waals surface area (Å²) in [6.45, 7) is 11.9. The smallest absolute Gasteiger partial charge is 0.276 e. The van der Waals surface area contributed by atoms with E-state index in [-0.39, 0.29) is 11.5 Å². The summed E-state index contributed by atoms with van der Waals surface area (Å²) in [4.78, 5) is 22.3. The van der Waals surface area contributed by atoms with E-state index in [2.05, 4.69) is 38.9 Å². The van der Waals surface area contributed by atoms with Gasteiger partial charge in [-0.3, -0.25) is 9.89 Å². The van der Waals surface area contributed by atoms with Crippen LogP contribution in [0.1, 0.15) is 50.7 Å². The third kappa shape index (κ3) is 4.42. The van der Waals surface area contributed by atoms with Crippen molar-refractivity contribution in [2.24, 2.45) is 0 Å². The molecule has 0 saturated carbocycles. The lowest BCUT2D eigenvalue weighted by Gasteiger charge is -2.19. The first-order chi connectivity index (χ1) is 13.5. The summed E-state index contributed by atoms with van der Waals surface area (Å²) >= 11 is 0. The van der Waals surface area contributed by atoms with Crippen LogP contribution in [0.2, 0.25) is 0 Å². The second-order valence-corrected chi connectivity index (χ2v) is 7.16. The molecule has 150 valence electrons. The van der Waals surface area contributed by atoms with E-state index in [4.69, 9.17) is 4.74 Å². The van der Waals surface area contributed by atoms with Gasteiger partial charge in [0.2, 0.25) is 0 Å². The van der Waals surface area contributed by atoms with Crippen LogP contribution in [0.5, 0.6) is 5.75 Å². The lowest BCUT2D eigenvalue weighted by atomic mass is 10.1. The second kappa shape index (κ2) is 9.01. The van der Waals surface area contributed by atoms with Crippen molar-refractivity contribution in [1.29, 1.82) is 0 Å². The van der Waals surface area contributed by atoms with E-state index in [1.165, 1.54) is 0 Å². The zero-order valence-corrected chi connectivity index (χ0v) is 17.1. The first kappa shape index (κ1) is 20.1. The Hall–Kier alpha value is -2.67. The van der Waals surface area contributed by atoms with Crippen molar-refractivity contribution in [1.82, 2.24) is 25.1 Å². The quantitative estimate of drug-likeness (QED) is 0.593. The Labute approximate surface area is 165 Å². The highest BCUT2D eigenvalue weighted by molar-refractivity contribution is 5.76. The van der Waals surface area contributed by atoms with Crippen molar-refractivity contribution in [3.8, 4) is 5.75 Å². The third-order valence-electron chi connectivity index (χ3n) is 4.94. The van der Waals surface area contributed by atoms with Gasteiger partial charge in [-0.05, 0) is 25.1 Å². The fourth-order valence-corrected chi connectivity index (χ4v) is 3.26. The van der Waals surface area contributed by atoms with Crippen LogP contribution >= 0.6 is 0 Å². The lowest BCUT2D eigenvalue weighted by Crippen LogP contribution is -2.28. The number of benzene rings is 1. The van der Waals surface area contributed by atoms with E-state index in [9.17, 15) is 4.79 Å². The maximum atomic E-state index is 12.4. The van der Waals surface area contributed by atoms with Crippen LogP contribution in [0, 0.1) is 0 Å². The topological polar surface area (TPSA) is 86.9 Å². The summed E-state index contributed by atoms with van der Waals surface area (Å²) in [5.41, 5.74) is 2.69. The fourth-order valence-electron chi connectivity index (χ4n) is 3.26. The summed E-state index contributed by atoms with van der Waals surface area (Å²) in [6, 6.07) is 7.91. The molecule has 7 nitrogen and oxygen atoms in total. The number of para-hydroxylation sites is 1. The van der Waals surface area contributed by atoms with Gasteiger partial charge in [-0.25, -0.2) is 4.98 Å². The molecule has 0 aliphatic heterocycles. The number of hydrogen-bond donors (Lipinski definition) is 2. The summed E-state index contributed by atoms with van der Waals surface area (Å²) in [6.07, 6.45) is 0.495. The summed E-state index contributed by atoms with van der Waals surface area (Å²) < 4.78 is 6.03. The molecule has 0 bridgehead atoms. The van der Waals surface area contributed by atoms with E-state index in [1.54, 1.807) is 0 Å². The van der Waals surface area contributed by atoms with Crippen LogP contribution in [-0.4, -0.2) is 51.3 Å². The van der Waals surface area contributed by atoms with E-state index < -0.39 is 0 Å². The van der Waals surface area contributed by atoms with Gasteiger partial charge in [-0.1, -0.05) is 45.9 Å². The zero-order chi connectivity index (χ0) is 20.1. The van der Waals surface area contributed by atoms with Crippen molar-refractivity contribution < 1.29 is 4.74 Å². The van der Waals surface area contributed by atoms with Crippen molar-refractivity contribution in [2.75, 3.05) is 26.2 Å². The number of aromatic amines is 2. The molecule has 3 aromatic rings. The number of nitrogens with one attached hydrogen (secondary N) is 2. The normalized spacial score (nSPS) is 11.6. The Kier molecular flexibility index (Phi) is 6.46. The summed E-state index contributed by atoms with van der Waals surface area (Å²) in [5, 5.41) is 7.06. The maximum Gasteiger partial charge on any atom is 0.276 e. The molecule has 0 amide bonds. The van der Waals surface area contributed by atoms with Crippen LogP contribution in [0.25, 0.3) is 11.0 Å². The van der Waals surface area contributed by atoms with Gasteiger partial charge >= 0.3 is 0 Å². The third-order valence-corrected chi connectivity index (χ3v) is 4.94. The van der Waals surface area contributed by atoms with Gasteiger partial charge in [-0.2, -0.15) is 5.10 Å². The minimum atomic E-state index is -0.195. The highest BCUT2D eigenvalue weighted by atomic mass is 16.5. The maximum absolute atomic E-state index is 12.4. The molecular formula is C21H29N5O2. The van der Waals surface area contributed by atoms with Crippen LogP contribution in [0.15, 0.2) is 29.1 Å². The molecule has 3 rings (SSSR count). The van der Waals surface area contributed by atoms with E-state index >= 15 is 0 Å². The van der Waals surface area contributed by atoms with E-state index in [0.717, 1.165) is 36.6 Å². The van der Waals surface area contributed by atoms with Gasteiger partial charge < -0.3 is 14.6 Å². The van der Waals surface area contributed by atoms with E-state index in [0.29, 0.717) is 29.9 Å². The van der Waals surface area contributed by atoms with Gasteiger partial charge in [0.1, 0.15) is 29.2 Å². The molecule has 0 spiro atoms. The number of nitrogens with zero attached hydrogens (tertiary/aromatic N) is 3. The Bertz CT molecular complexity index is 972. The van der Waals surface area contributed by atoms with Gasteiger partial charge in [0, 0.05) is 18.5 Å². The number of likely N-dealkylation sites (N-methyl/N-ethyl adjacent to an activating group) is 1. The van der Waals surface area contributed by atoms with Crippen LogP contribution in [0.3, 0.4) is 0 Å². The zero-order valence-electron chi connectivity index (χ0n) is 17.1. The van der Waals surface area contributed by atoms with Gasteiger partial charge in [0.25, 0.3) is 5.56 Å². The molecule has 0 atom stereocenters. The number of hydrogen-bond acceptors (Lipinski definition) is 5. The molecule has 1 aromatic carbocycles. The predicted molar refractivity (Wildman–Crippen MR) is 111 cm³/mol. The monoisotopic (exact) mass is 383 g/mol. The molecule has 0 aliphatic carbocycles. The number of H-pyrrole nitrogens is 2. The first-order valence-electron chi connectivity index (χ1n) is 9.93. The minimum absolute atomic E-state index is 0.187. The summed E-state index contributed by atoms with van der Waals surface area (Å²) in [5.74, 6) is 1.63. The van der Waals surface area contributed by atoms with Crippen molar-refractivity contribution in [3.63, 3.8) is 0 Å². The Morgan fingerprint density at radius 2 is 1.93 bits per heavy atom. The molecule has 2 aromatic heterocycles. The fraction of sp³-hybridized carbons (Fsp3) is 0.476. The molecular weight excluding hydrogens is 354 g/mol. The van der Waals surface area contributed by atoms with Crippen molar-refractivity contribution >= 4 is 11.0 Å². The average Bonchev–Trinajstić information content (AvgIpc) is 3.11. The van der Waals surface area contributed by atoms with Gasteiger partial charge in [0.05, 0.1) is 5.69 Å². The number of aromatic nitrogens is 4. The first-order valence-corrected chi connectivity index (χ1v) is 9.93. The summed E-state index contributed by atoms with van der Waals surface area (Å²) in [7, 11) is 0. The Morgan fingerprint density at radius 3 is 2.64 bits per heavy atom. The standard InChI is InChI=1S/C21H29N5O2/c1-5-26(6-2)11-12-28-16-10-8-7-9-15(16)13-17-22-19-18(14(3)4)24-25-20(19)21(27)23-17/h7-10,14H,5-6,11-13H2,1-4H3,(H,24,25)(H,22,23,27). The van der Waals surface area contributed by atoms with Crippen LogP contribution in [-0.2, 0) is 6.42 Å². The van der Waals surface area contributed by atoms with Crippen LogP contribution in [0.4, 0.5) is 0 Å². The van der Waals surface area contributed by atoms with E-state index in [1.807, 2.05) is 38.1 Å². The van der Waals surface area contributed by atoms with Crippen molar-refractivity contribution in [3.05, 3.63) is 51.7 Å². The van der Waals surface area contributed by atoms with Gasteiger partial charge in [-0.15, -0.1) is 0 Å². The molecule has 0 unspecified atom stereocenters. The Morgan fingerprint density at radius 1 is 1.18 bits per heavy atom. The highest BCUT2D eigenvalue weighted by Crippen LogP contribution is 2.22. The molecule has 0 radical (unpaired) electrons. The predicted octanol–water partition coefficient (Wildman–Crippen LogP) is 3.08. The largest absolute Gasteiger partial charge is 0.492 e. The second-order valence-electron chi connectivity index (χ2n) is 7.16. The molecule has 2 heterocycles. The molecule has 0 saturated heterocycles. The number of rotatable bonds is 9. The Balaban J connectivity index is 1.82. The van der Waals surface area contributed by atoms with Crippen molar-refractivity contribution in [2.45, 2.75) is 40.0 Å². The lowest BCUT2D eigenvalue weighted by molar-refractivity contribution is 0.222. The molecule has 7 heteroatoms. The van der Waals surface area contributed by atoms with Crippen LogP contribution < -0.4 is 10.3 Å². The SMILES string of the molecule is CCN(CC)CCOc1ccccc1Cc1nc2c(C(C)C)n[nH]c2c(=O)[nH]1. The average molecular weight is 383 g/mol. The molecule has 28 heavy (non-hydrogen) atoms. The number of fused-ring (bicyclic) bond motifs is 1.